The topological polar surface area (TPSA) is 124 Å². The molecule has 4 aromatic rings. The van der Waals surface area contributed by atoms with Crippen LogP contribution in [0.3, 0.4) is 0 Å². The van der Waals surface area contributed by atoms with Crippen LogP contribution in [0.25, 0.3) is 16.9 Å². The van der Waals surface area contributed by atoms with Crippen LogP contribution >= 0.6 is 0 Å². The third-order valence-corrected chi connectivity index (χ3v) is 9.20. The molecule has 0 aliphatic carbocycles. The van der Waals surface area contributed by atoms with Gasteiger partial charge in [-0.15, -0.1) is 0 Å². The molecule has 1 fully saturated rings. The standard InChI is InChI=1S/C35H43N5O6S/c1-4-23-47(43,44)37-30-15-8-9-16-31(30)40-32(28-12-6-5-7-13-28)33(34(41)38-19-17-36-18-20-38)39(35(40)42)25-27-11-10-14-29(24-27)46-22-21-45-26(2)3/h5-16,24,26,36-37H,4,17-23,25H2,1-3H3. The van der Waals surface area contributed by atoms with E-state index in [1.165, 1.54) is 9.13 Å². The zero-order chi connectivity index (χ0) is 33.4. The highest BCUT2D eigenvalue weighted by molar-refractivity contribution is 7.92. The average Bonchev–Trinajstić information content (AvgIpc) is 3.34. The van der Waals surface area contributed by atoms with E-state index in [2.05, 4.69) is 10.0 Å². The molecule has 5 rings (SSSR count). The van der Waals surface area contributed by atoms with Crippen LogP contribution in [-0.4, -0.2) is 79.6 Å². The summed E-state index contributed by atoms with van der Waals surface area (Å²) in [6.45, 7) is 8.86. The minimum absolute atomic E-state index is 0.0719. The maximum absolute atomic E-state index is 14.7. The lowest BCUT2D eigenvalue weighted by atomic mass is 10.1. The summed E-state index contributed by atoms with van der Waals surface area (Å²) >= 11 is 0. The van der Waals surface area contributed by atoms with Gasteiger partial charge in [-0.3, -0.25) is 18.7 Å². The number of sulfonamides is 1. The minimum Gasteiger partial charge on any atom is -0.491 e. The molecule has 1 amide bonds. The van der Waals surface area contributed by atoms with E-state index in [4.69, 9.17) is 9.47 Å². The summed E-state index contributed by atoms with van der Waals surface area (Å²) in [5.74, 6) is 0.275. The molecule has 250 valence electrons. The second-order valence-electron chi connectivity index (χ2n) is 11.7. The van der Waals surface area contributed by atoms with Gasteiger partial charge < -0.3 is 19.7 Å². The number of nitrogens with one attached hydrogen (secondary N) is 2. The highest BCUT2D eigenvalue weighted by Crippen LogP contribution is 2.31. The summed E-state index contributed by atoms with van der Waals surface area (Å²) < 4.78 is 43.0. The minimum atomic E-state index is -3.69. The van der Waals surface area contributed by atoms with Crippen molar-refractivity contribution in [1.29, 1.82) is 0 Å². The predicted octanol–water partition coefficient (Wildman–Crippen LogP) is 4.36. The molecule has 2 heterocycles. The zero-order valence-corrected chi connectivity index (χ0v) is 28.0. The van der Waals surface area contributed by atoms with E-state index >= 15 is 0 Å². The van der Waals surface area contributed by atoms with Crippen molar-refractivity contribution in [3.05, 3.63) is 101 Å². The first-order valence-electron chi connectivity index (χ1n) is 16.0. The Morgan fingerprint density at radius 3 is 2.40 bits per heavy atom. The van der Waals surface area contributed by atoms with Crippen LogP contribution in [0.2, 0.25) is 0 Å². The van der Waals surface area contributed by atoms with Crippen LogP contribution in [-0.2, 0) is 21.3 Å². The highest BCUT2D eigenvalue weighted by Gasteiger charge is 2.32. The Kier molecular flexibility index (Phi) is 11.2. The summed E-state index contributed by atoms with van der Waals surface area (Å²) in [5.41, 5.74) is 2.13. The normalized spacial score (nSPS) is 13.6. The van der Waals surface area contributed by atoms with Crippen LogP contribution in [0, 0.1) is 0 Å². The molecular weight excluding hydrogens is 618 g/mol. The van der Waals surface area contributed by atoms with E-state index in [1.807, 2.05) is 68.4 Å². The highest BCUT2D eigenvalue weighted by atomic mass is 32.2. The van der Waals surface area contributed by atoms with Crippen LogP contribution < -0.4 is 20.5 Å². The van der Waals surface area contributed by atoms with Gasteiger partial charge >= 0.3 is 5.69 Å². The molecule has 0 bridgehead atoms. The molecule has 47 heavy (non-hydrogen) atoms. The predicted molar refractivity (Wildman–Crippen MR) is 184 cm³/mol. The van der Waals surface area contributed by atoms with Gasteiger partial charge in [0.2, 0.25) is 10.0 Å². The summed E-state index contributed by atoms with van der Waals surface area (Å²) in [5, 5.41) is 3.28. The lowest BCUT2D eigenvalue weighted by molar-refractivity contribution is 0.0552. The molecule has 0 unspecified atom stereocenters. The lowest BCUT2D eigenvalue weighted by Crippen LogP contribution is -2.47. The quantitative estimate of drug-likeness (QED) is 0.193. The van der Waals surface area contributed by atoms with Crippen LogP contribution in [0.4, 0.5) is 5.69 Å². The van der Waals surface area contributed by atoms with E-state index in [0.717, 1.165) is 5.56 Å². The number of anilines is 1. The SMILES string of the molecule is CCCS(=O)(=O)Nc1ccccc1-n1c(-c2ccccc2)c(C(=O)N2CCNCC2)n(Cc2cccc(OCCOC(C)C)c2)c1=O. The molecule has 0 saturated carbocycles. The number of nitrogens with zero attached hydrogens (tertiary/aromatic N) is 3. The molecule has 0 atom stereocenters. The van der Waals surface area contributed by atoms with Gasteiger partial charge in [-0.1, -0.05) is 61.5 Å². The summed E-state index contributed by atoms with van der Waals surface area (Å²) in [7, 11) is -3.69. The number of amides is 1. The third kappa shape index (κ3) is 8.31. The number of hydrogen-bond donors (Lipinski definition) is 2. The number of hydrogen-bond acceptors (Lipinski definition) is 7. The van der Waals surface area contributed by atoms with Gasteiger partial charge in [-0.2, -0.15) is 0 Å². The van der Waals surface area contributed by atoms with E-state index in [-0.39, 0.29) is 35.7 Å². The van der Waals surface area contributed by atoms with E-state index in [1.54, 1.807) is 36.1 Å². The van der Waals surface area contributed by atoms with Gasteiger partial charge in [0, 0.05) is 31.7 Å². The maximum Gasteiger partial charge on any atom is 0.334 e. The Balaban J connectivity index is 1.68. The average molecular weight is 662 g/mol. The van der Waals surface area contributed by atoms with Gasteiger partial charge in [0.15, 0.2) is 0 Å². The van der Waals surface area contributed by atoms with Crippen LogP contribution in [0.15, 0.2) is 83.7 Å². The van der Waals surface area contributed by atoms with Crippen molar-refractivity contribution in [2.45, 2.75) is 39.8 Å². The Bertz CT molecular complexity index is 1830. The number of aromatic nitrogens is 2. The molecule has 0 radical (unpaired) electrons. The van der Waals surface area contributed by atoms with Crippen molar-refractivity contribution < 1.29 is 22.7 Å². The fourth-order valence-electron chi connectivity index (χ4n) is 5.61. The molecule has 1 aliphatic rings. The molecule has 3 aromatic carbocycles. The number of carbonyl (C=O) groups is 1. The maximum atomic E-state index is 14.7. The molecule has 0 spiro atoms. The van der Waals surface area contributed by atoms with Crippen molar-refractivity contribution in [2.75, 3.05) is 49.9 Å². The molecule has 2 N–H and O–H groups in total. The first kappa shape index (κ1) is 34.0. The Labute approximate surface area is 276 Å². The molecule has 11 nitrogen and oxygen atoms in total. The monoisotopic (exact) mass is 661 g/mol. The number of piperazine rings is 1. The van der Waals surface area contributed by atoms with Crippen LogP contribution in [0.1, 0.15) is 43.2 Å². The molecular formula is C35H43N5O6S. The third-order valence-electron chi connectivity index (χ3n) is 7.72. The summed E-state index contributed by atoms with van der Waals surface area (Å²) in [6, 6.07) is 23.5. The van der Waals surface area contributed by atoms with Gasteiger partial charge in [-0.05, 0) is 50.1 Å². The largest absolute Gasteiger partial charge is 0.491 e. The van der Waals surface area contributed by atoms with Gasteiger partial charge in [0.1, 0.15) is 18.1 Å². The second kappa shape index (κ2) is 15.5. The molecule has 1 saturated heterocycles. The number of para-hydroxylation sites is 2. The molecule has 1 aromatic heterocycles. The van der Waals surface area contributed by atoms with E-state index < -0.39 is 15.7 Å². The summed E-state index contributed by atoms with van der Waals surface area (Å²) in [4.78, 5) is 30.9. The van der Waals surface area contributed by atoms with Crippen molar-refractivity contribution in [1.82, 2.24) is 19.4 Å². The smallest absolute Gasteiger partial charge is 0.334 e. The number of benzene rings is 3. The fourth-order valence-corrected chi connectivity index (χ4v) is 6.76. The van der Waals surface area contributed by atoms with Crippen LogP contribution in [0.5, 0.6) is 5.75 Å². The number of ether oxygens (including phenoxy) is 2. The Morgan fingerprint density at radius 1 is 0.957 bits per heavy atom. The van der Waals surface area contributed by atoms with Gasteiger partial charge in [-0.25, -0.2) is 13.2 Å². The number of carbonyl (C=O) groups excluding carboxylic acids is 1. The summed E-state index contributed by atoms with van der Waals surface area (Å²) in [6.07, 6.45) is 0.526. The molecule has 1 aliphatic heterocycles. The van der Waals surface area contributed by atoms with E-state index in [9.17, 15) is 18.0 Å². The van der Waals surface area contributed by atoms with Crippen molar-refractivity contribution in [2.24, 2.45) is 0 Å². The lowest BCUT2D eigenvalue weighted by Gasteiger charge is -2.28. The first-order valence-corrected chi connectivity index (χ1v) is 17.7. The number of imidazole rings is 1. The molecule has 12 heteroatoms. The Hall–Kier alpha value is -4.39. The second-order valence-corrected chi connectivity index (χ2v) is 13.5. The van der Waals surface area contributed by atoms with Crippen molar-refractivity contribution in [3.8, 4) is 22.7 Å². The van der Waals surface area contributed by atoms with Crippen molar-refractivity contribution >= 4 is 21.6 Å². The Morgan fingerprint density at radius 2 is 1.68 bits per heavy atom. The van der Waals surface area contributed by atoms with E-state index in [0.29, 0.717) is 68.5 Å². The number of rotatable bonds is 14. The zero-order valence-electron chi connectivity index (χ0n) is 27.1. The van der Waals surface area contributed by atoms with Crippen molar-refractivity contribution in [3.63, 3.8) is 0 Å². The van der Waals surface area contributed by atoms with Gasteiger partial charge in [0.25, 0.3) is 5.91 Å². The fraction of sp³-hybridized carbons (Fsp3) is 0.371. The first-order chi connectivity index (χ1) is 22.7. The van der Waals surface area contributed by atoms with Gasteiger partial charge in [0.05, 0.1) is 42.1 Å².